The van der Waals surface area contributed by atoms with Gasteiger partial charge in [0, 0.05) is 17.3 Å². The van der Waals surface area contributed by atoms with Crippen molar-refractivity contribution in [3.05, 3.63) is 16.0 Å². The molecule has 6 heteroatoms. The number of carboxylic acid groups (broad SMARTS) is 1. The zero-order valence-corrected chi connectivity index (χ0v) is 12.6. The van der Waals surface area contributed by atoms with Crippen LogP contribution in [0.15, 0.2) is 0 Å². The van der Waals surface area contributed by atoms with E-state index < -0.39 is 12.0 Å². The van der Waals surface area contributed by atoms with E-state index in [1.165, 1.54) is 11.3 Å². The van der Waals surface area contributed by atoms with E-state index in [2.05, 4.69) is 16.6 Å². The molecule has 0 radical (unpaired) electrons. The molecular formula is C14H18N2O3S. The molecule has 0 saturated carbocycles. The van der Waals surface area contributed by atoms with Gasteiger partial charge in [0.2, 0.25) is 0 Å². The first-order chi connectivity index (χ1) is 9.40. The molecule has 1 heterocycles. The lowest BCUT2D eigenvalue weighted by molar-refractivity contribution is 0.0697. The number of carboxylic acids is 1. The predicted octanol–water partition coefficient (Wildman–Crippen LogP) is 2.99. The van der Waals surface area contributed by atoms with Crippen LogP contribution in [0.25, 0.3) is 0 Å². The number of thiophene rings is 1. The predicted molar refractivity (Wildman–Crippen MR) is 80.4 cm³/mol. The second-order valence-corrected chi connectivity index (χ2v) is 5.63. The summed E-state index contributed by atoms with van der Waals surface area (Å²) < 4.78 is 0. The van der Waals surface area contributed by atoms with Crippen LogP contribution in [-0.2, 0) is 0 Å². The van der Waals surface area contributed by atoms with Crippen molar-refractivity contribution in [1.82, 2.24) is 5.32 Å². The molecule has 2 amide bonds. The van der Waals surface area contributed by atoms with Gasteiger partial charge >= 0.3 is 12.0 Å². The zero-order valence-electron chi connectivity index (χ0n) is 11.7. The van der Waals surface area contributed by atoms with Crippen molar-refractivity contribution in [3.8, 4) is 12.3 Å². The molecule has 1 unspecified atom stereocenters. The minimum Gasteiger partial charge on any atom is -0.478 e. The Labute approximate surface area is 122 Å². The topological polar surface area (TPSA) is 78.4 Å². The number of anilines is 1. The summed E-state index contributed by atoms with van der Waals surface area (Å²) in [5.41, 5.74) is 0.820. The largest absolute Gasteiger partial charge is 0.478 e. The quantitative estimate of drug-likeness (QED) is 0.730. The van der Waals surface area contributed by atoms with E-state index in [9.17, 15) is 14.7 Å². The number of aromatic carboxylic acids is 1. The lowest BCUT2D eigenvalue weighted by Gasteiger charge is -2.14. The molecule has 0 aliphatic heterocycles. The third-order valence-electron chi connectivity index (χ3n) is 3.02. The smallest absolute Gasteiger partial charge is 0.338 e. The minimum absolute atomic E-state index is 0.115. The Bertz CT molecular complexity index is 558. The molecule has 0 bridgehead atoms. The fraction of sp³-hybridized carbons (Fsp3) is 0.429. The maximum Gasteiger partial charge on any atom is 0.338 e. The maximum absolute atomic E-state index is 11.9. The highest BCUT2D eigenvalue weighted by Gasteiger charge is 2.20. The molecule has 0 aliphatic carbocycles. The van der Waals surface area contributed by atoms with Gasteiger partial charge in [0.05, 0.1) is 5.56 Å². The van der Waals surface area contributed by atoms with E-state index in [1.54, 1.807) is 6.92 Å². The normalized spacial score (nSPS) is 11.5. The summed E-state index contributed by atoms with van der Waals surface area (Å²) in [4.78, 5) is 24.0. The number of amides is 2. The number of urea groups is 1. The van der Waals surface area contributed by atoms with Crippen LogP contribution in [0.2, 0.25) is 0 Å². The lowest BCUT2D eigenvalue weighted by atomic mass is 10.1. The summed E-state index contributed by atoms with van der Waals surface area (Å²) in [7, 11) is 0. The van der Waals surface area contributed by atoms with Gasteiger partial charge in [0.1, 0.15) is 5.00 Å². The van der Waals surface area contributed by atoms with E-state index in [4.69, 9.17) is 6.42 Å². The third-order valence-corrected chi connectivity index (χ3v) is 4.14. The molecule has 0 spiro atoms. The summed E-state index contributed by atoms with van der Waals surface area (Å²) in [5, 5.41) is 14.9. The molecule has 1 rings (SSSR count). The minimum atomic E-state index is -1.04. The molecule has 0 aliphatic rings. The Morgan fingerprint density at radius 3 is 2.60 bits per heavy atom. The molecule has 5 nitrogen and oxygen atoms in total. The SMILES string of the molecule is C#CCC(CC)NC(=O)Nc1sc(C)c(C)c1C(=O)O. The van der Waals surface area contributed by atoms with E-state index in [0.717, 1.165) is 4.88 Å². The fourth-order valence-electron chi connectivity index (χ4n) is 1.74. The Morgan fingerprint density at radius 1 is 1.45 bits per heavy atom. The lowest BCUT2D eigenvalue weighted by Crippen LogP contribution is -2.37. The molecule has 0 saturated heterocycles. The average molecular weight is 294 g/mol. The summed E-state index contributed by atoms with van der Waals surface area (Å²) in [6.07, 6.45) is 6.38. The molecule has 0 aromatic carbocycles. The Balaban J connectivity index is 2.84. The molecule has 0 fully saturated rings. The number of nitrogens with one attached hydrogen (secondary N) is 2. The van der Waals surface area contributed by atoms with Crippen molar-refractivity contribution in [2.45, 2.75) is 39.7 Å². The number of aryl methyl sites for hydroxylation is 1. The Kier molecular flexibility index (Phi) is 5.59. The standard InChI is InChI=1S/C14H18N2O3S/c1-5-7-10(6-2)15-14(19)16-12-11(13(17)18)8(3)9(4)20-12/h1,10H,6-7H2,2-4H3,(H,17,18)(H2,15,16,19). The highest BCUT2D eigenvalue weighted by atomic mass is 32.1. The highest BCUT2D eigenvalue weighted by molar-refractivity contribution is 7.16. The van der Waals surface area contributed by atoms with Crippen LogP contribution >= 0.6 is 11.3 Å². The van der Waals surface area contributed by atoms with Gasteiger partial charge < -0.3 is 10.4 Å². The number of carbonyl (C=O) groups excluding carboxylic acids is 1. The summed E-state index contributed by atoms with van der Waals surface area (Å²) >= 11 is 1.25. The van der Waals surface area contributed by atoms with Gasteiger partial charge in [-0.3, -0.25) is 5.32 Å². The number of hydrogen-bond donors (Lipinski definition) is 3. The molecule has 108 valence electrons. The van der Waals surface area contributed by atoms with Crippen LogP contribution in [0.5, 0.6) is 0 Å². The van der Waals surface area contributed by atoms with Crippen LogP contribution < -0.4 is 10.6 Å². The fourth-order valence-corrected chi connectivity index (χ4v) is 2.78. The monoisotopic (exact) mass is 294 g/mol. The number of hydrogen-bond acceptors (Lipinski definition) is 3. The van der Waals surface area contributed by atoms with Crippen molar-refractivity contribution in [3.63, 3.8) is 0 Å². The molecule has 1 aromatic heterocycles. The molecule has 3 N–H and O–H groups in total. The molecule has 20 heavy (non-hydrogen) atoms. The number of terminal acetylenes is 1. The van der Waals surface area contributed by atoms with Crippen LogP contribution in [0.3, 0.4) is 0 Å². The Morgan fingerprint density at radius 2 is 2.10 bits per heavy atom. The van der Waals surface area contributed by atoms with Crippen molar-refractivity contribution < 1.29 is 14.7 Å². The average Bonchev–Trinajstić information content (AvgIpc) is 2.63. The first kappa shape index (κ1) is 16.1. The van der Waals surface area contributed by atoms with E-state index in [-0.39, 0.29) is 11.6 Å². The van der Waals surface area contributed by atoms with Gasteiger partial charge in [-0.25, -0.2) is 9.59 Å². The Hall–Kier alpha value is -2.00. The van der Waals surface area contributed by atoms with E-state index >= 15 is 0 Å². The maximum atomic E-state index is 11.9. The van der Waals surface area contributed by atoms with Crippen LogP contribution in [0, 0.1) is 26.2 Å². The first-order valence-electron chi connectivity index (χ1n) is 6.24. The summed E-state index contributed by atoms with van der Waals surface area (Å²) in [6.45, 7) is 5.47. The van der Waals surface area contributed by atoms with Crippen molar-refractivity contribution in [2.24, 2.45) is 0 Å². The molecular weight excluding hydrogens is 276 g/mol. The zero-order chi connectivity index (χ0) is 15.3. The van der Waals surface area contributed by atoms with Crippen molar-refractivity contribution in [2.75, 3.05) is 5.32 Å². The number of rotatable bonds is 5. The second-order valence-electron chi connectivity index (χ2n) is 4.40. The van der Waals surface area contributed by atoms with Gasteiger partial charge in [-0.05, 0) is 25.8 Å². The van der Waals surface area contributed by atoms with Crippen LogP contribution in [0.4, 0.5) is 9.80 Å². The van der Waals surface area contributed by atoms with Gasteiger partial charge in [0.15, 0.2) is 0 Å². The van der Waals surface area contributed by atoms with Crippen LogP contribution in [0.1, 0.15) is 40.6 Å². The van der Waals surface area contributed by atoms with Crippen molar-refractivity contribution >= 4 is 28.3 Å². The van der Waals surface area contributed by atoms with Crippen molar-refractivity contribution in [1.29, 1.82) is 0 Å². The van der Waals surface area contributed by atoms with E-state index in [1.807, 2.05) is 13.8 Å². The molecule has 1 aromatic rings. The van der Waals surface area contributed by atoms with E-state index in [0.29, 0.717) is 23.4 Å². The number of carbonyl (C=O) groups is 2. The van der Waals surface area contributed by atoms with Gasteiger partial charge in [0.25, 0.3) is 0 Å². The van der Waals surface area contributed by atoms with Gasteiger partial charge in [-0.2, -0.15) is 0 Å². The summed E-state index contributed by atoms with van der Waals surface area (Å²) in [5.74, 6) is 1.45. The third kappa shape index (κ3) is 3.75. The van der Waals surface area contributed by atoms with Gasteiger partial charge in [-0.1, -0.05) is 6.92 Å². The second kappa shape index (κ2) is 6.96. The first-order valence-corrected chi connectivity index (χ1v) is 7.06. The summed E-state index contributed by atoms with van der Waals surface area (Å²) in [6, 6.07) is -0.550. The molecule has 1 atom stereocenters. The van der Waals surface area contributed by atoms with Crippen LogP contribution in [-0.4, -0.2) is 23.1 Å². The highest BCUT2D eigenvalue weighted by Crippen LogP contribution is 2.32. The van der Waals surface area contributed by atoms with Gasteiger partial charge in [-0.15, -0.1) is 23.7 Å².